The van der Waals surface area contributed by atoms with Crippen LogP contribution < -0.4 is 14.4 Å². The van der Waals surface area contributed by atoms with Gasteiger partial charge in [0.05, 0.1) is 7.11 Å². The van der Waals surface area contributed by atoms with Gasteiger partial charge in [-0.1, -0.05) is 23.7 Å². The predicted molar refractivity (Wildman–Crippen MR) is 123 cm³/mol. The van der Waals surface area contributed by atoms with Crippen LogP contribution in [0.4, 0.5) is 5.95 Å². The summed E-state index contributed by atoms with van der Waals surface area (Å²) >= 11 is 6.13. The molecule has 1 aliphatic rings. The number of piperazine rings is 1. The number of rotatable bonds is 6. The second-order valence-corrected chi connectivity index (χ2v) is 7.35. The van der Waals surface area contributed by atoms with E-state index in [4.69, 9.17) is 21.1 Å². The van der Waals surface area contributed by atoms with Crippen LogP contribution in [0.1, 0.15) is 0 Å². The fourth-order valence-electron chi connectivity index (χ4n) is 3.44. The lowest BCUT2D eigenvalue weighted by molar-refractivity contribution is -0.133. The van der Waals surface area contributed by atoms with Gasteiger partial charge in [-0.05, 0) is 30.3 Å². The number of halogens is 2. The lowest BCUT2D eigenvalue weighted by atomic mass is 10.3. The van der Waals surface area contributed by atoms with Crippen molar-refractivity contribution in [1.82, 2.24) is 14.5 Å². The van der Waals surface area contributed by atoms with Gasteiger partial charge in [-0.25, -0.2) is 4.98 Å². The first-order valence-corrected chi connectivity index (χ1v) is 10.1. The van der Waals surface area contributed by atoms with E-state index in [1.54, 1.807) is 19.4 Å². The number of aromatic nitrogens is 2. The van der Waals surface area contributed by atoms with E-state index in [1.807, 2.05) is 58.1 Å². The fourth-order valence-corrected chi connectivity index (χ4v) is 3.62. The maximum atomic E-state index is 12.6. The molecule has 1 aliphatic heterocycles. The highest BCUT2D eigenvalue weighted by Crippen LogP contribution is 2.22. The van der Waals surface area contributed by atoms with Crippen LogP contribution in [0.5, 0.6) is 11.5 Å². The van der Waals surface area contributed by atoms with Gasteiger partial charge in [0.25, 0.3) is 5.91 Å². The average Bonchev–Trinajstić information content (AvgIpc) is 3.28. The second-order valence-electron chi connectivity index (χ2n) is 6.91. The van der Waals surface area contributed by atoms with Crippen molar-refractivity contribution in [2.45, 2.75) is 0 Å². The molecule has 164 valence electrons. The van der Waals surface area contributed by atoms with E-state index in [0.29, 0.717) is 42.7 Å². The van der Waals surface area contributed by atoms with Crippen LogP contribution in [0.25, 0.3) is 5.69 Å². The van der Waals surface area contributed by atoms with Gasteiger partial charge in [-0.3, -0.25) is 9.36 Å². The molecule has 0 radical (unpaired) electrons. The highest BCUT2D eigenvalue weighted by Gasteiger charge is 2.24. The summed E-state index contributed by atoms with van der Waals surface area (Å²) in [7, 11) is 1.60. The number of carbonyl (C=O) groups is 1. The number of hydrogen-bond donors (Lipinski definition) is 0. The Balaban J connectivity index is 0.00000272. The molecule has 9 heteroatoms. The number of amides is 1. The molecule has 1 saturated heterocycles. The van der Waals surface area contributed by atoms with Crippen molar-refractivity contribution in [2.24, 2.45) is 0 Å². The number of methoxy groups -OCH3 is 1. The third-order valence-electron chi connectivity index (χ3n) is 5.03. The van der Waals surface area contributed by atoms with Gasteiger partial charge >= 0.3 is 0 Å². The number of nitrogens with zero attached hydrogens (tertiary/aromatic N) is 4. The summed E-state index contributed by atoms with van der Waals surface area (Å²) in [5.41, 5.74) is 0.959. The molecule has 2 aromatic carbocycles. The maximum absolute atomic E-state index is 12.6. The molecule has 1 amide bonds. The van der Waals surface area contributed by atoms with Crippen LogP contribution in [0.3, 0.4) is 0 Å². The number of ether oxygens (including phenoxy) is 2. The van der Waals surface area contributed by atoms with Crippen molar-refractivity contribution in [3.05, 3.63) is 65.9 Å². The molecule has 1 aromatic heterocycles. The molecule has 1 fully saturated rings. The van der Waals surface area contributed by atoms with E-state index < -0.39 is 0 Å². The van der Waals surface area contributed by atoms with Gasteiger partial charge in [0, 0.05) is 55.3 Å². The second kappa shape index (κ2) is 10.4. The third kappa shape index (κ3) is 5.42. The Morgan fingerprint density at radius 2 is 1.81 bits per heavy atom. The molecule has 3 aromatic rings. The molecular weight excluding hydrogens is 439 g/mol. The van der Waals surface area contributed by atoms with E-state index in [9.17, 15) is 4.79 Å². The van der Waals surface area contributed by atoms with Gasteiger partial charge in [-0.15, -0.1) is 12.4 Å². The first-order valence-electron chi connectivity index (χ1n) is 9.73. The van der Waals surface area contributed by atoms with E-state index in [2.05, 4.69) is 9.88 Å². The Morgan fingerprint density at radius 3 is 2.55 bits per heavy atom. The standard InChI is InChI=1S/C22H23ClN4O3.ClH/c1-29-19-6-3-7-20(15-19)30-16-21(28)25-10-12-26(13-11-25)22-24-8-9-27(22)18-5-2-4-17(23)14-18;/h2-9,14-15H,10-13,16H2,1H3;1H. The molecule has 7 nitrogen and oxygen atoms in total. The number of imidazole rings is 1. The minimum atomic E-state index is -0.0318. The summed E-state index contributed by atoms with van der Waals surface area (Å²) < 4.78 is 12.8. The lowest BCUT2D eigenvalue weighted by Gasteiger charge is -2.35. The highest BCUT2D eigenvalue weighted by atomic mass is 35.5. The quantitative estimate of drug-likeness (QED) is 0.558. The predicted octanol–water partition coefficient (Wildman–Crippen LogP) is 3.68. The number of benzene rings is 2. The number of anilines is 1. The minimum absolute atomic E-state index is 0. The van der Waals surface area contributed by atoms with Crippen molar-refractivity contribution < 1.29 is 14.3 Å². The lowest BCUT2D eigenvalue weighted by Crippen LogP contribution is -2.50. The first-order chi connectivity index (χ1) is 14.6. The zero-order valence-corrected chi connectivity index (χ0v) is 18.7. The molecule has 0 bridgehead atoms. The molecule has 2 heterocycles. The molecule has 31 heavy (non-hydrogen) atoms. The molecule has 0 saturated carbocycles. The minimum Gasteiger partial charge on any atom is -0.497 e. The van der Waals surface area contributed by atoms with E-state index in [0.717, 1.165) is 11.6 Å². The van der Waals surface area contributed by atoms with Crippen LogP contribution in [0.2, 0.25) is 5.02 Å². The van der Waals surface area contributed by atoms with Gasteiger partial charge in [0.2, 0.25) is 5.95 Å². The third-order valence-corrected chi connectivity index (χ3v) is 5.26. The van der Waals surface area contributed by atoms with Crippen molar-refractivity contribution in [1.29, 1.82) is 0 Å². The van der Waals surface area contributed by atoms with Crippen LogP contribution in [0.15, 0.2) is 60.9 Å². The molecule has 0 spiro atoms. The van der Waals surface area contributed by atoms with Crippen molar-refractivity contribution in [3.8, 4) is 17.2 Å². The van der Waals surface area contributed by atoms with E-state index in [1.165, 1.54) is 0 Å². The summed E-state index contributed by atoms with van der Waals surface area (Å²) in [5, 5.41) is 0.679. The summed E-state index contributed by atoms with van der Waals surface area (Å²) in [6, 6.07) is 14.9. The van der Waals surface area contributed by atoms with Crippen molar-refractivity contribution in [3.63, 3.8) is 0 Å². The van der Waals surface area contributed by atoms with Crippen molar-refractivity contribution in [2.75, 3.05) is 44.8 Å². The van der Waals surface area contributed by atoms with Crippen LogP contribution in [-0.4, -0.2) is 60.3 Å². The zero-order chi connectivity index (χ0) is 20.9. The summed E-state index contributed by atoms with van der Waals surface area (Å²) in [6.07, 6.45) is 3.69. The first kappa shape index (κ1) is 22.8. The monoisotopic (exact) mass is 462 g/mol. The smallest absolute Gasteiger partial charge is 0.260 e. The average molecular weight is 463 g/mol. The summed E-state index contributed by atoms with van der Waals surface area (Å²) in [4.78, 5) is 21.1. The number of carbonyl (C=O) groups excluding carboxylic acids is 1. The Hall–Kier alpha value is -2.90. The Kier molecular flexibility index (Phi) is 7.65. The van der Waals surface area contributed by atoms with Crippen LogP contribution in [-0.2, 0) is 4.79 Å². The SMILES string of the molecule is COc1cccc(OCC(=O)N2CCN(c3nccn3-c3cccc(Cl)c3)CC2)c1.Cl. The number of hydrogen-bond acceptors (Lipinski definition) is 5. The molecule has 0 aliphatic carbocycles. The molecule has 0 atom stereocenters. The molecule has 4 rings (SSSR count). The summed E-state index contributed by atoms with van der Waals surface area (Å²) in [6.45, 7) is 2.63. The van der Waals surface area contributed by atoms with Gasteiger partial charge in [-0.2, -0.15) is 0 Å². The summed E-state index contributed by atoms with van der Waals surface area (Å²) in [5.74, 6) is 2.13. The molecule has 0 unspecified atom stereocenters. The van der Waals surface area contributed by atoms with Gasteiger partial charge < -0.3 is 19.3 Å². The maximum Gasteiger partial charge on any atom is 0.260 e. The molecular formula is C22H24Cl2N4O3. The van der Waals surface area contributed by atoms with Gasteiger partial charge in [0.15, 0.2) is 6.61 Å². The Morgan fingerprint density at radius 1 is 1.06 bits per heavy atom. The van der Waals surface area contributed by atoms with E-state index in [-0.39, 0.29) is 24.9 Å². The highest BCUT2D eigenvalue weighted by molar-refractivity contribution is 6.30. The zero-order valence-electron chi connectivity index (χ0n) is 17.1. The Labute approximate surface area is 192 Å². The van der Waals surface area contributed by atoms with Crippen LogP contribution in [0, 0.1) is 0 Å². The fraction of sp³-hybridized carbons (Fsp3) is 0.273. The van der Waals surface area contributed by atoms with Crippen LogP contribution >= 0.6 is 24.0 Å². The largest absolute Gasteiger partial charge is 0.497 e. The van der Waals surface area contributed by atoms with E-state index >= 15 is 0 Å². The topological polar surface area (TPSA) is 59.8 Å². The normalized spacial score (nSPS) is 13.5. The van der Waals surface area contributed by atoms with Gasteiger partial charge in [0.1, 0.15) is 11.5 Å². The van der Waals surface area contributed by atoms with Crippen molar-refractivity contribution >= 4 is 35.9 Å². The molecule has 0 N–H and O–H groups in total. The Bertz CT molecular complexity index is 1020.